The predicted molar refractivity (Wildman–Crippen MR) is 115 cm³/mol. The third-order valence-electron chi connectivity index (χ3n) is 6.05. The first-order valence-electron chi connectivity index (χ1n) is 9.51. The summed E-state index contributed by atoms with van der Waals surface area (Å²) in [5.74, 6) is 1.02. The Morgan fingerprint density at radius 1 is 1.24 bits per heavy atom. The molecule has 1 N–H and O–H groups in total. The average molecular weight is 448 g/mol. The summed E-state index contributed by atoms with van der Waals surface area (Å²) in [5, 5.41) is 4.95. The molecule has 150 valence electrons. The van der Waals surface area contributed by atoms with Crippen LogP contribution in [-0.4, -0.2) is 28.2 Å². The second-order valence-electron chi connectivity index (χ2n) is 8.05. The summed E-state index contributed by atoms with van der Waals surface area (Å²) >= 11 is 13.7. The Morgan fingerprint density at radius 3 is 2.79 bits per heavy atom. The van der Waals surface area contributed by atoms with Crippen molar-refractivity contribution in [1.82, 2.24) is 15.3 Å². The van der Waals surface area contributed by atoms with E-state index in [1.807, 2.05) is 24.5 Å². The summed E-state index contributed by atoms with van der Waals surface area (Å²) in [4.78, 5) is 21.4. The molecule has 1 amide bonds. The van der Waals surface area contributed by atoms with E-state index in [9.17, 15) is 4.79 Å². The summed E-state index contributed by atoms with van der Waals surface area (Å²) in [6, 6.07) is 7.45. The molecule has 0 radical (unpaired) electrons. The van der Waals surface area contributed by atoms with Crippen LogP contribution in [0.1, 0.15) is 47.8 Å². The number of hydrogen-bond donors (Lipinski definition) is 1. The maximum atomic E-state index is 12.6. The summed E-state index contributed by atoms with van der Waals surface area (Å²) < 4.78 is 5.91. The molecule has 1 aromatic carbocycles. The lowest BCUT2D eigenvalue weighted by atomic mass is 9.50. The molecule has 2 aliphatic carbocycles. The van der Waals surface area contributed by atoms with Gasteiger partial charge in [-0.05, 0) is 61.6 Å². The van der Waals surface area contributed by atoms with Gasteiger partial charge >= 0.3 is 0 Å². The van der Waals surface area contributed by atoms with E-state index in [1.54, 1.807) is 6.07 Å². The van der Waals surface area contributed by atoms with Crippen molar-refractivity contribution in [2.75, 3.05) is 6.26 Å². The van der Waals surface area contributed by atoms with E-state index in [-0.39, 0.29) is 11.9 Å². The normalized spacial score (nSPS) is 25.6. The van der Waals surface area contributed by atoms with Gasteiger partial charge in [0.2, 0.25) is 0 Å². The molecule has 0 aliphatic heterocycles. The van der Waals surface area contributed by atoms with Crippen LogP contribution >= 0.6 is 35.0 Å². The molecular formula is C21H19Cl2N3O2S. The van der Waals surface area contributed by atoms with Crippen molar-refractivity contribution in [3.05, 3.63) is 52.0 Å². The van der Waals surface area contributed by atoms with Crippen LogP contribution in [0.2, 0.25) is 10.0 Å². The molecule has 0 atom stereocenters. The van der Waals surface area contributed by atoms with Crippen LogP contribution < -0.4 is 5.32 Å². The molecule has 5 rings (SSSR count). The largest absolute Gasteiger partial charge is 0.440 e. The van der Waals surface area contributed by atoms with Gasteiger partial charge in [-0.3, -0.25) is 4.79 Å². The molecule has 0 unspecified atom stereocenters. The van der Waals surface area contributed by atoms with Gasteiger partial charge < -0.3 is 9.73 Å². The number of benzene rings is 1. The van der Waals surface area contributed by atoms with E-state index >= 15 is 0 Å². The highest BCUT2D eigenvalue weighted by molar-refractivity contribution is 7.98. The smallest absolute Gasteiger partial charge is 0.253 e. The van der Waals surface area contributed by atoms with E-state index in [1.165, 1.54) is 18.0 Å². The average Bonchev–Trinajstić information content (AvgIpc) is 3.05. The number of oxazole rings is 1. The Balaban J connectivity index is 1.18. The minimum atomic E-state index is -0.126. The van der Waals surface area contributed by atoms with Crippen molar-refractivity contribution < 1.29 is 9.21 Å². The zero-order valence-corrected chi connectivity index (χ0v) is 18.1. The molecule has 2 fully saturated rings. The van der Waals surface area contributed by atoms with Gasteiger partial charge in [0.05, 0.1) is 15.6 Å². The second kappa shape index (κ2) is 7.18. The van der Waals surface area contributed by atoms with Crippen molar-refractivity contribution in [3.63, 3.8) is 0 Å². The monoisotopic (exact) mass is 447 g/mol. The minimum absolute atomic E-state index is 0.126. The molecule has 3 aromatic rings. The van der Waals surface area contributed by atoms with E-state index < -0.39 is 0 Å². The molecule has 29 heavy (non-hydrogen) atoms. The van der Waals surface area contributed by atoms with Crippen LogP contribution in [0.5, 0.6) is 0 Å². The fraction of sp³-hybridized carbons (Fsp3) is 0.381. The van der Waals surface area contributed by atoms with Crippen LogP contribution in [-0.2, 0) is 0 Å². The van der Waals surface area contributed by atoms with Crippen LogP contribution in [0.15, 0.2) is 39.9 Å². The minimum Gasteiger partial charge on any atom is -0.440 e. The SMILES string of the molecule is CSc1cc(C(=O)NC2CC3(C2)CC(c2nc4cc(Cl)ccc4o2)C3)c(Cl)cn1. The third kappa shape index (κ3) is 3.51. The van der Waals surface area contributed by atoms with Crippen LogP contribution in [0.4, 0.5) is 0 Å². The van der Waals surface area contributed by atoms with Crippen LogP contribution in [0, 0.1) is 5.41 Å². The first-order chi connectivity index (χ1) is 13.9. The predicted octanol–water partition coefficient (Wildman–Crippen LogP) is 5.71. The van der Waals surface area contributed by atoms with E-state index in [2.05, 4.69) is 15.3 Å². The Hall–Kier alpha value is -1.76. The molecule has 1 spiro atoms. The van der Waals surface area contributed by atoms with Crippen molar-refractivity contribution in [2.45, 2.75) is 42.7 Å². The van der Waals surface area contributed by atoms with Gasteiger partial charge in [0, 0.05) is 23.2 Å². The molecule has 8 heteroatoms. The number of halogens is 2. The van der Waals surface area contributed by atoms with E-state index in [4.69, 9.17) is 27.6 Å². The fourth-order valence-electron chi connectivity index (χ4n) is 4.64. The van der Waals surface area contributed by atoms with Gasteiger partial charge in [0.15, 0.2) is 11.5 Å². The van der Waals surface area contributed by atoms with E-state index in [0.29, 0.717) is 26.9 Å². The van der Waals surface area contributed by atoms with Gasteiger partial charge in [0.1, 0.15) is 5.52 Å². The standard InChI is InChI=1S/C21H19Cl2N3O2S/c1-29-18-5-14(15(23)10-24-18)19(27)25-13-8-21(9-13)6-11(7-21)20-26-16-4-12(22)2-3-17(16)28-20/h2-5,10-11,13H,6-9H2,1H3,(H,25,27). The molecule has 0 bridgehead atoms. The Morgan fingerprint density at radius 2 is 2.03 bits per heavy atom. The highest BCUT2D eigenvalue weighted by Gasteiger charge is 2.54. The maximum Gasteiger partial charge on any atom is 0.253 e. The Kier molecular flexibility index (Phi) is 4.76. The van der Waals surface area contributed by atoms with E-state index in [0.717, 1.165) is 47.7 Å². The second-order valence-corrected chi connectivity index (χ2v) is 9.72. The van der Waals surface area contributed by atoms with Gasteiger partial charge in [-0.2, -0.15) is 0 Å². The zero-order chi connectivity index (χ0) is 20.2. The summed E-state index contributed by atoms with van der Waals surface area (Å²) in [6.45, 7) is 0. The molecular weight excluding hydrogens is 429 g/mol. The first kappa shape index (κ1) is 19.2. The zero-order valence-electron chi connectivity index (χ0n) is 15.7. The highest BCUT2D eigenvalue weighted by Crippen LogP contribution is 2.61. The third-order valence-corrected chi connectivity index (χ3v) is 7.23. The number of pyridine rings is 1. The van der Waals surface area contributed by atoms with Crippen molar-refractivity contribution >= 4 is 52.0 Å². The fourth-order valence-corrected chi connectivity index (χ4v) is 5.39. The van der Waals surface area contributed by atoms with Crippen molar-refractivity contribution in [2.24, 2.45) is 5.41 Å². The van der Waals surface area contributed by atoms with Crippen molar-refractivity contribution in [3.8, 4) is 0 Å². The summed E-state index contributed by atoms with van der Waals surface area (Å²) in [6.07, 6.45) is 7.53. The Labute approximate surface area is 182 Å². The summed E-state index contributed by atoms with van der Waals surface area (Å²) in [5.41, 5.74) is 2.38. The number of fused-ring (bicyclic) bond motifs is 1. The number of carbonyl (C=O) groups is 1. The lowest BCUT2D eigenvalue weighted by Crippen LogP contribution is -2.55. The highest BCUT2D eigenvalue weighted by atomic mass is 35.5. The lowest BCUT2D eigenvalue weighted by Gasteiger charge is -2.57. The lowest BCUT2D eigenvalue weighted by molar-refractivity contribution is -0.0253. The molecule has 0 saturated heterocycles. The molecule has 2 aromatic heterocycles. The number of amides is 1. The first-order valence-corrected chi connectivity index (χ1v) is 11.5. The molecule has 5 nitrogen and oxygen atoms in total. The van der Waals surface area contributed by atoms with Gasteiger partial charge in [0.25, 0.3) is 5.91 Å². The van der Waals surface area contributed by atoms with Gasteiger partial charge in [-0.15, -0.1) is 11.8 Å². The molecule has 2 aliphatic rings. The maximum absolute atomic E-state index is 12.6. The number of aromatic nitrogens is 2. The number of carbonyl (C=O) groups excluding carboxylic acids is 1. The number of rotatable bonds is 4. The quantitative estimate of drug-likeness (QED) is 0.518. The van der Waals surface area contributed by atoms with Gasteiger partial charge in [-0.1, -0.05) is 23.2 Å². The number of nitrogens with zero attached hydrogens (tertiary/aromatic N) is 2. The van der Waals surface area contributed by atoms with Gasteiger partial charge in [-0.25, -0.2) is 9.97 Å². The van der Waals surface area contributed by atoms with Crippen molar-refractivity contribution in [1.29, 1.82) is 0 Å². The summed E-state index contributed by atoms with van der Waals surface area (Å²) in [7, 11) is 0. The Bertz CT molecular complexity index is 1100. The number of hydrogen-bond acceptors (Lipinski definition) is 5. The molecule has 2 heterocycles. The molecule has 2 saturated carbocycles. The van der Waals surface area contributed by atoms with Crippen LogP contribution in [0.3, 0.4) is 0 Å². The van der Waals surface area contributed by atoms with Crippen LogP contribution in [0.25, 0.3) is 11.1 Å². The topological polar surface area (TPSA) is 68.0 Å². The number of thioether (sulfide) groups is 1. The number of nitrogens with one attached hydrogen (secondary N) is 1.